The fraction of sp³-hybridized carbons (Fsp3) is 0.836. The van der Waals surface area contributed by atoms with Gasteiger partial charge in [-0.15, -0.1) is 0 Å². The van der Waals surface area contributed by atoms with E-state index < -0.39 is 6.10 Å². The van der Waals surface area contributed by atoms with Crippen LogP contribution < -0.4 is 0 Å². The molecular formula is C61H112O5. The lowest BCUT2D eigenvalue weighted by Crippen LogP contribution is -2.30. The Morgan fingerprint density at radius 2 is 0.636 bits per heavy atom. The van der Waals surface area contributed by atoms with E-state index in [1.54, 1.807) is 0 Å². The molecule has 0 rings (SSSR count). The quantitative estimate of drug-likeness (QED) is 0.0345. The van der Waals surface area contributed by atoms with Crippen molar-refractivity contribution in [3.63, 3.8) is 0 Å². The van der Waals surface area contributed by atoms with Gasteiger partial charge in [-0.2, -0.15) is 0 Å². The molecule has 0 heterocycles. The highest BCUT2D eigenvalue weighted by Gasteiger charge is 2.17. The zero-order chi connectivity index (χ0) is 47.7. The van der Waals surface area contributed by atoms with Gasteiger partial charge in [-0.1, -0.05) is 256 Å². The van der Waals surface area contributed by atoms with Crippen LogP contribution in [0.2, 0.25) is 0 Å². The Balaban J connectivity index is 4.29. The molecular weight excluding hydrogens is 813 g/mol. The van der Waals surface area contributed by atoms with Crippen molar-refractivity contribution < 1.29 is 23.8 Å². The predicted molar refractivity (Wildman–Crippen MR) is 288 cm³/mol. The molecule has 0 radical (unpaired) electrons. The van der Waals surface area contributed by atoms with Crippen molar-refractivity contribution in [3.8, 4) is 0 Å². The van der Waals surface area contributed by atoms with Crippen molar-refractivity contribution in [1.29, 1.82) is 0 Å². The molecule has 0 aliphatic carbocycles. The van der Waals surface area contributed by atoms with Crippen LogP contribution in [0.5, 0.6) is 0 Å². The van der Waals surface area contributed by atoms with Crippen molar-refractivity contribution in [1.82, 2.24) is 0 Å². The second kappa shape index (κ2) is 57.2. The van der Waals surface area contributed by atoms with Gasteiger partial charge in [-0.25, -0.2) is 0 Å². The standard InChI is InChI=1S/C61H112O5/c1-4-7-10-13-16-19-22-25-28-31-33-36-39-42-45-48-51-54-60(62)65-58-59(57-64-56-53-50-47-44-41-38-35-30-27-24-21-18-15-12-9-6-3)66-61(63)55-52-49-46-43-40-37-34-32-29-26-23-20-17-14-11-8-5-2/h16,19,25-26,28-29,33,36,59H,4-15,17-18,20-24,27,30-32,34-35,37-58H2,1-3H3/b19-16-,28-25-,29-26-,36-33-/t59-/m1/s1. The van der Waals surface area contributed by atoms with E-state index in [0.717, 1.165) is 70.6 Å². The molecule has 0 bridgehead atoms. The van der Waals surface area contributed by atoms with Crippen LogP contribution in [0.4, 0.5) is 0 Å². The van der Waals surface area contributed by atoms with E-state index in [0.29, 0.717) is 19.4 Å². The molecule has 0 N–H and O–H groups in total. The maximum absolute atomic E-state index is 12.9. The third-order valence-electron chi connectivity index (χ3n) is 12.8. The van der Waals surface area contributed by atoms with Crippen LogP contribution in [-0.2, 0) is 23.8 Å². The minimum Gasteiger partial charge on any atom is -0.462 e. The smallest absolute Gasteiger partial charge is 0.306 e. The third kappa shape index (κ3) is 54.5. The second-order valence-corrected chi connectivity index (χ2v) is 19.5. The van der Waals surface area contributed by atoms with E-state index in [9.17, 15) is 9.59 Å². The van der Waals surface area contributed by atoms with Crippen molar-refractivity contribution in [2.45, 2.75) is 309 Å². The largest absolute Gasteiger partial charge is 0.462 e. The Labute approximate surface area is 412 Å². The summed E-state index contributed by atoms with van der Waals surface area (Å²) < 4.78 is 17.5. The average molecular weight is 926 g/mol. The molecule has 66 heavy (non-hydrogen) atoms. The van der Waals surface area contributed by atoms with Crippen LogP contribution in [0.15, 0.2) is 48.6 Å². The van der Waals surface area contributed by atoms with E-state index in [4.69, 9.17) is 14.2 Å². The lowest BCUT2D eigenvalue weighted by molar-refractivity contribution is -0.163. The Morgan fingerprint density at radius 1 is 0.333 bits per heavy atom. The molecule has 1 atom stereocenters. The van der Waals surface area contributed by atoms with Gasteiger partial charge in [0.25, 0.3) is 0 Å². The fourth-order valence-corrected chi connectivity index (χ4v) is 8.45. The number of carbonyl (C=O) groups excluding carboxylic acids is 2. The van der Waals surface area contributed by atoms with Crippen LogP contribution in [0.3, 0.4) is 0 Å². The number of hydrogen-bond donors (Lipinski definition) is 0. The normalized spacial score (nSPS) is 12.5. The third-order valence-corrected chi connectivity index (χ3v) is 12.8. The van der Waals surface area contributed by atoms with Gasteiger partial charge in [-0.05, 0) is 83.5 Å². The van der Waals surface area contributed by atoms with Crippen molar-refractivity contribution in [3.05, 3.63) is 48.6 Å². The Morgan fingerprint density at radius 3 is 1.06 bits per heavy atom. The first-order chi connectivity index (χ1) is 32.6. The summed E-state index contributed by atoms with van der Waals surface area (Å²) >= 11 is 0. The molecule has 386 valence electrons. The van der Waals surface area contributed by atoms with Crippen molar-refractivity contribution in [2.75, 3.05) is 19.8 Å². The van der Waals surface area contributed by atoms with Gasteiger partial charge in [0.15, 0.2) is 6.10 Å². The molecule has 0 amide bonds. The number of carbonyl (C=O) groups is 2. The van der Waals surface area contributed by atoms with E-state index in [1.807, 2.05) is 0 Å². The minimum absolute atomic E-state index is 0.0756. The Bertz CT molecular complexity index is 1090. The first kappa shape index (κ1) is 63.9. The first-order valence-corrected chi connectivity index (χ1v) is 29.2. The van der Waals surface area contributed by atoms with Crippen LogP contribution in [0.25, 0.3) is 0 Å². The van der Waals surface area contributed by atoms with E-state index >= 15 is 0 Å². The molecule has 0 aromatic carbocycles. The summed E-state index contributed by atoms with van der Waals surface area (Å²) in [6, 6.07) is 0. The predicted octanol–water partition coefficient (Wildman–Crippen LogP) is 19.9. The number of rotatable bonds is 54. The zero-order valence-corrected chi connectivity index (χ0v) is 44.5. The van der Waals surface area contributed by atoms with Gasteiger partial charge in [0, 0.05) is 19.4 Å². The number of unbranched alkanes of at least 4 members (excludes halogenated alkanes) is 35. The number of hydrogen-bond acceptors (Lipinski definition) is 5. The summed E-state index contributed by atoms with van der Waals surface area (Å²) in [6.07, 6.45) is 71.3. The summed E-state index contributed by atoms with van der Waals surface area (Å²) in [5, 5.41) is 0. The van der Waals surface area contributed by atoms with Gasteiger partial charge in [0.1, 0.15) is 6.61 Å². The summed E-state index contributed by atoms with van der Waals surface area (Å²) in [6.45, 7) is 7.82. The number of esters is 2. The average Bonchev–Trinajstić information content (AvgIpc) is 3.32. The van der Waals surface area contributed by atoms with Crippen LogP contribution in [0.1, 0.15) is 303 Å². The summed E-state index contributed by atoms with van der Waals surface area (Å²) in [5.74, 6) is -0.411. The number of ether oxygens (including phenoxy) is 3. The van der Waals surface area contributed by atoms with Crippen molar-refractivity contribution >= 4 is 11.9 Å². The highest BCUT2D eigenvalue weighted by molar-refractivity contribution is 5.70. The monoisotopic (exact) mass is 925 g/mol. The van der Waals surface area contributed by atoms with Gasteiger partial charge < -0.3 is 14.2 Å². The lowest BCUT2D eigenvalue weighted by atomic mass is 10.0. The van der Waals surface area contributed by atoms with E-state index in [2.05, 4.69) is 69.4 Å². The van der Waals surface area contributed by atoms with Gasteiger partial charge >= 0.3 is 11.9 Å². The maximum Gasteiger partial charge on any atom is 0.306 e. The van der Waals surface area contributed by atoms with Gasteiger partial charge in [0.05, 0.1) is 6.61 Å². The minimum atomic E-state index is -0.545. The van der Waals surface area contributed by atoms with Gasteiger partial charge in [-0.3, -0.25) is 9.59 Å². The van der Waals surface area contributed by atoms with Crippen LogP contribution in [0, 0.1) is 0 Å². The summed E-state index contributed by atoms with van der Waals surface area (Å²) in [5.41, 5.74) is 0. The van der Waals surface area contributed by atoms with E-state index in [-0.39, 0.29) is 25.2 Å². The fourth-order valence-electron chi connectivity index (χ4n) is 8.45. The molecule has 0 aromatic rings. The molecule has 5 nitrogen and oxygen atoms in total. The summed E-state index contributed by atoms with van der Waals surface area (Å²) in [4.78, 5) is 25.5. The van der Waals surface area contributed by atoms with Crippen LogP contribution in [-0.4, -0.2) is 37.9 Å². The lowest BCUT2D eigenvalue weighted by Gasteiger charge is -2.18. The Kier molecular flexibility index (Phi) is 55.3. The molecule has 0 unspecified atom stereocenters. The van der Waals surface area contributed by atoms with Gasteiger partial charge in [0.2, 0.25) is 0 Å². The second-order valence-electron chi connectivity index (χ2n) is 19.5. The molecule has 0 spiro atoms. The first-order valence-electron chi connectivity index (χ1n) is 29.2. The van der Waals surface area contributed by atoms with E-state index in [1.165, 1.54) is 199 Å². The molecule has 0 aromatic heterocycles. The van der Waals surface area contributed by atoms with Crippen LogP contribution >= 0.6 is 0 Å². The molecule has 0 fully saturated rings. The SMILES string of the molecule is CCCCC/C=C\C/C=C\C/C=C\CCCCCCC(=O)OC[C@@H](COCCCCCCCCCCCCCCCCCC)OC(=O)CCCCCCCCC/C=C\CCCCCCCC. The maximum atomic E-state index is 12.9. The number of allylic oxidation sites excluding steroid dienone is 8. The van der Waals surface area contributed by atoms with Crippen molar-refractivity contribution in [2.24, 2.45) is 0 Å². The Hall–Kier alpha value is -2.14. The zero-order valence-electron chi connectivity index (χ0n) is 44.5. The molecule has 5 heteroatoms. The molecule has 0 saturated heterocycles. The molecule has 0 aliphatic heterocycles. The highest BCUT2D eigenvalue weighted by atomic mass is 16.6. The molecule has 0 saturated carbocycles. The summed E-state index contributed by atoms with van der Waals surface area (Å²) in [7, 11) is 0. The highest BCUT2D eigenvalue weighted by Crippen LogP contribution is 2.16. The topological polar surface area (TPSA) is 61.8 Å². The molecule has 0 aliphatic rings.